The number of hydroxylamine groups is 1. The molecule has 0 fully saturated rings. The van der Waals surface area contributed by atoms with Gasteiger partial charge in [0.1, 0.15) is 11.6 Å². The van der Waals surface area contributed by atoms with Gasteiger partial charge in [-0.2, -0.15) is 0 Å². The zero-order valence-electron chi connectivity index (χ0n) is 16.3. The predicted octanol–water partition coefficient (Wildman–Crippen LogP) is 4.14. The normalized spacial score (nSPS) is 10.5. The lowest BCUT2D eigenvalue weighted by Crippen LogP contribution is -2.20. The van der Waals surface area contributed by atoms with Gasteiger partial charge in [-0.05, 0) is 53.1 Å². The Labute approximate surface area is 177 Å². The van der Waals surface area contributed by atoms with Gasteiger partial charge in [-0.1, -0.05) is 24.3 Å². The molecule has 4 aromatic rings. The Morgan fingerprint density at radius 2 is 1.65 bits per heavy atom. The van der Waals surface area contributed by atoms with Crippen LogP contribution < -0.4 is 10.4 Å². The number of aromatic nitrogens is 3. The summed E-state index contributed by atoms with van der Waals surface area (Å²) in [6.07, 6.45) is 6.51. The summed E-state index contributed by atoms with van der Waals surface area (Å²) in [6.45, 7) is 0.416. The summed E-state index contributed by atoms with van der Waals surface area (Å²) in [4.78, 5) is 26.5. The van der Waals surface area contributed by atoms with E-state index in [4.69, 9.17) is 5.21 Å². The van der Waals surface area contributed by atoms with E-state index in [9.17, 15) is 9.18 Å². The lowest BCUT2D eigenvalue weighted by Gasteiger charge is -2.23. The van der Waals surface area contributed by atoms with Crippen molar-refractivity contribution in [2.24, 2.45) is 0 Å². The number of pyridine rings is 1. The van der Waals surface area contributed by atoms with E-state index in [1.807, 2.05) is 17.0 Å². The fourth-order valence-electron chi connectivity index (χ4n) is 3.11. The molecule has 0 radical (unpaired) electrons. The number of nitrogens with one attached hydrogen (secondary N) is 1. The summed E-state index contributed by atoms with van der Waals surface area (Å²) >= 11 is 0. The minimum Gasteiger partial charge on any atom is -0.305 e. The van der Waals surface area contributed by atoms with E-state index in [0.717, 1.165) is 16.7 Å². The summed E-state index contributed by atoms with van der Waals surface area (Å²) < 4.78 is 13.3. The van der Waals surface area contributed by atoms with E-state index in [-0.39, 0.29) is 5.82 Å². The molecule has 0 unspecified atom stereocenters. The molecule has 31 heavy (non-hydrogen) atoms. The molecule has 2 N–H and O–H groups in total. The largest absolute Gasteiger partial charge is 0.305 e. The number of carbonyl (C=O) groups excluding carboxylic acids is 1. The van der Waals surface area contributed by atoms with Crippen LogP contribution in [0.3, 0.4) is 0 Å². The summed E-state index contributed by atoms with van der Waals surface area (Å²) in [5, 5.41) is 8.78. The standard InChI is InChI=1S/C23H18FN5O2/c24-20-7-5-17(6-8-20)19-9-10-26-21(13-19)29(22-14-25-11-12-27-22)15-16-1-3-18(4-2-16)23(30)28-31/h1-14,31H,15H2,(H,28,30). The summed E-state index contributed by atoms with van der Waals surface area (Å²) in [5.41, 5.74) is 4.60. The Morgan fingerprint density at radius 1 is 0.903 bits per heavy atom. The highest BCUT2D eigenvalue weighted by Gasteiger charge is 2.15. The average Bonchev–Trinajstić information content (AvgIpc) is 2.83. The van der Waals surface area contributed by atoms with Crippen LogP contribution in [0.4, 0.5) is 16.0 Å². The monoisotopic (exact) mass is 415 g/mol. The molecule has 2 aromatic heterocycles. The second-order valence-corrected chi connectivity index (χ2v) is 6.70. The van der Waals surface area contributed by atoms with E-state index in [1.165, 1.54) is 12.1 Å². The van der Waals surface area contributed by atoms with E-state index in [2.05, 4.69) is 15.0 Å². The number of halogens is 1. The number of amides is 1. The number of hydrogen-bond donors (Lipinski definition) is 2. The Morgan fingerprint density at radius 3 is 2.32 bits per heavy atom. The van der Waals surface area contributed by atoms with Gasteiger partial charge in [0.05, 0.1) is 12.7 Å². The first-order valence-corrected chi connectivity index (χ1v) is 9.43. The van der Waals surface area contributed by atoms with Gasteiger partial charge in [0, 0.05) is 24.2 Å². The molecule has 4 rings (SSSR count). The highest BCUT2D eigenvalue weighted by atomic mass is 19.1. The zero-order valence-corrected chi connectivity index (χ0v) is 16.3. The van der Waals surface area contributed by atoms with Crippen LogP contribution in [-0.2, 0) is 6.54 Å². The Bertz CT molecular complexity index is 1170. The molecule has 2 aromatic carbocycles. The van der Waals surface area contributed by atoms with E-state index in [0.29, 0.717) is 23.7 Å². The molecule has 0 aliphatic carbocycles. The molecule has 0 saturated carbocycles. The molecular formula is C23H18FN5O2. The SMILES string of the molecule is O=C(NO)c1ccc(CN(c2cnccn2)c2cc(-c3ccc(F)cc3)ccn2)cc1. The van der Waals surface area contributed by atoms with Gasteiger partial charge in [-0.25, -0.2) is 19.8 Å². The molecule has 0 aliphatic rings. The van der Waals surface area contributed by atoms with Crippen LogP contribution in [0.1, 0.15) is 15.9 Å². The average molecular weight is 415 g/mol. The van der Waals surface area contributed by atoms with Crippen molar-refractivity contribution in [2.45, 2.75) is 6.54 Å². The van der Waals surface area contributed by atoms with Crippen LogP contribution in [-0.4, -0.2) is 26.1 Å². The van der Waals surface area contributed by atoms with Crippen molar-refractivity contribution in [3.05, 3.63) is 102 Å². The molecule has 0 saturated heterocycles. The molecule has 0 bridgehead atoms. The Balaban J connectivity index is 1.68. The molecule has 8 heteroatoms. The van der Waals surface area contributed by atoms with Gasteiger partial charge in [0.2, 0.25) is 0 Å². The van der Waals surface area contributed by atoms with Crippen molar-refractivity contribution in [2.75, 3.05) is 4.90 Å². The molecule has 0 spiro atoms. The Kier molecular flexibility index (Phi) is 5.91. The third-order valence-corrected chi connectivity index (χ3v) is 4.68. The van der Waals surface area contributed by atoms with Gasteiger partial charge in [-0.15, -0.1) is 0 Å². The second-order valence-electron chi connectivity index (χ2n) is 6.70. The van der Waals surface area contributed by atoms with E-state index in [1.54, 1.807) is 66.7 Å². The fourth-order valence-corrected chi connectivity index (χ4v) is 3.11. The third kappa shape index (κ3) is 4.71. The maximum atomic E-state index is 13.3. The molecule has 7 nitrogen and oxygen atoms in total. The molecule has 0 atom stereocenters. The summed E-state index contributed by atoms with van der Waals surface area (Å²) in [5.74, 6) is 0.367. The zero-order chi connectivity index (χ0) is 21.6. The van der Waals surface area contributed by atoms with Crippen LogP contribution in [0.5, 0.6) is 0 Å². The lowest BCUT2D eigenvalue weighted by molar-refractivity contribution is 0.0706. The quantitative estimate of drug-likeness (QED) is 0.363. The van der Waals surface area contributed by atoms with Crippen LogP contribution in [0.2, 0.25) is 0 Å². The van der Waals surface area contributed by atoms with Crippen molar-refractivity contribution >= 4 is 17.5 Å². The maximum absolute atomic E-state index is 13.3. The first kappa shape index (κ1) is 20.1. The van der Waals surface area contributed by atoms with Gasteiger partial charge in [-0.3, -0.25) is 15.0 Å². The molecule has 2 heterocycles. The number of carbonyl (C=O) groups is 1. The predicted molar refractivity (Wildman–Crippen MR) is 113 cm³/mol. The first-order valence-electron chi connectivity index (χ1n) is 9.43. The third-order valence-electron chi connectivity index (χ3n) is 4.68. The van der Waals surface area contributed by atoms with Crippen LogP contribution in [0, 0.1) is 5.82 Å². The van der Waals surface area contributed by atoms with Crippen molar-refractivity contribution < 1.29 is 14.4 Å². The minimum atomic E-state index is -0.578. The Hall–Kier alpha value is -4.17. The molecule has 154 valence electrons. The molecular weight excluding hydrogens is 397 g/mol. The lowest BCUT2D eigenvalue weighted by atomic mass is 10.1. The number of anilines is 2. The van der Waals surface area contributed by atoms with E-state index >= 15 is 0 Å². The van der Waals surface area contributed by atoms with Crippen molar-refractivity contribution in [3.8, 4) is 11.1 Å². The topological polar surface area (TPSA) is 91.2 Å². The fraction of sp³-hybridized carbons (Fsp3) is 0.0435. The first-order chi connectivity index (χ1) is 15.1. The van der Waals surface area contributed by atoms with Crippen LogP contribution in [0.25, 0.3) is 11.1 Å². The molecule has 0 aliphatic heterocycles. The van der Waals surface area contributed by atoms with Crippen molar-refractivity contribution in [1.29, 1.82) is 0 Å². The van der Waals surface area contributed by atoms with Crippen molar-refractivity contribution in [3.63, 3.8) is 0 Å². The smallest absolute Gasteiger partial charge is 0.274 e. The number of hydrogen-bond acceptors (Lipinski definition) is 6. The summed E-state index contributed by atoms with van der Waals surface area (Å²) in [6, 6.07) is 16.8. The second kappa shape index (κ2) is 9.10. The number of nitrogens with zero attached hydrogens (tertiary/aromatic N) is 4. The number of benzene rings is 2. The highest BCUT2D eigenvalue weighted by molar-refractivity contribution is 5.93. The van der Waals surface area contributed by atoms with Gasteiger partial charge in [0.25, 0.3) is 5.91 Å². The van der Waals surface area contributed by atoms with Gasteiger partial charge < -0.3 is 4.90 Å². The minimum absolute atomic E-state index is 0.294. The highest BCUT2D eigenvalue weighted by Crippen LogP contribution is 2.28. The summed E-state index contributed by atoms with van der Waals surface area (Å²) in [7, 11) is 0. The van der Waals surface area contributed by atoms with Crippen LogP contribution in [0.15, 0.2) is 85.5 Å². The van der Waals surface area contributed by atoms with Crippen LogP contribution >= 0.6 is 0 Å². The van der Waals surface area contributed by atoms with Gasteiger partial charge in [0.15, 0.2) is 5.82 Å². The number of rotatable bonds is 6. The van der Waals surface area contributed by atoms with Crippen molar-refractivity contribution in [1.82, 2.24) is 20.4 Å². The molecule has 1 amide bonds. The van der Waals surface area contributed by atoms with E-state index < -0.39 is 5.91 Å². The van der Waals surface area contributed by atoms with Gasteiger partial charge >= 0.3 is 0 Å². The maximum Gasteiger partial charge on any atom is 0.274 e.